The monoisotopic (exact) mass is 370 g/mol. The van der Waals surface area contributed by atoms with Crippen LogP contribution in [0.25, 0.3) is 11.4 Å². The second-order valence-corrected chi connectivity index (χ2v) is 7.01. The van der Waals surface area contributed by atoms with Crippen LogP contribution in [0, 0.1) is 5.92 Å². The highest BCUT2D eigenvalue weighted by atomic mass is 16.5. The summed E-state index contributed by atoms with van der Waals surface area (Å²) in [7, 11) is 1.78. The summed E-state index contributed by atoms with van der Waals surface area (Å²) in [5.41, 5.74) is 0.876. The van der Waals surface area contributed by atoms with Crippen LogP contribution in [0.2, 0.25) is 0 Å². The number of nitrogens with zero attached hydrogens (tertiary/aromatic N) is 4. The Morgan fingerprint density at radius 1 is 1.22 bits per heavy atom. The van der Waals surface area contributed by atoms with Crippen molar-refractivity contribution in [1.29, 1.82) is 0 Å². The van der Waals surface area contributed by atoms with Gasteiger partial charge in [0.05, 0.1) is 25.2 Å². The van der Waals surface area contributed by atoms with Crippen LogP contribution in [-0.2, 0) is 20.7 Å². The fourth-order valence-electron chi connectivity index (χ4n) is 3.53. The van der Waals surface area contributed by atoms with Gasteiger partial charge >= 0.3 is 0 Å². The number of aryl methyl sites for hydroxylation is 1. The van der Waals surface area contributed by atoms with Crippen LogP contribution in [0.15, 0.2) is 34.9 Å². The number of benzene rings is 1. The van der Waals surface area contributed by atoms with Crippen molar-refractivity contribution in [3.05, 3.63) is 36.2 Å². The average molecular weight is 370 g/mol. The summed E-state index contributed by atoms with van der Waals surface area (Å²) in [6.07, 6.45) is 0.652. The molecule has 0 aliphatic carbocycles. The molecule has 142 valence electrons. The lowest BCUT2D eigenvalue weighted by Crippen LogP contribution is -2.45. The molecule has 0 N–H and O–H groups in total. The fraction of sp³-hybridized carbons (Fsp3) is 0.474. The van der Waals surface area contributed by atoms with Crippen molar-refractivity contribution in [2.24, 2.45) is 5.92 Å². The van der Waals surface area contributed by atoms with Crippen molar-refractivity contribution in [2.75, 3.05) is 33.4 Å². The van der Waals surface area contributed by atoms with Crippen LogP contribution in [0.4, 0.5) is 0 Å². The molecule has 0 unspecified atom stereocenters. The number of amides is 2. The van der Waals surface area contributed by atoms with E-state index in [0.29, 0.717) is 44.4 Å². The minimum Gasteiger partial charge on any atom is -0.378 e. The zero-order valence-electron chi connectivity index (χ0n) is 15.2. The third kappa shape index (κ3) is 3.71. The van der Waals surface area contributed by atoms with E-state index in [9.17, 15) is 9.59 Å². The molecule has 8 nitrogen and oxygen atoms in total. The van der Waals surface area contributed by atoms with Gasteiger partial charge in [-0.2, -0.15) is 4.98 Å². The summed E-state index contributed by atoms with van der Waals surface area (Å²) >= 11 is 0. The Bertz CT molecular complexity index is 822. The SMILES string of the molecule is CN1C(=O)[C@H]2COC[C@@H]1CN(C(=O)CCc1nc(-c3ccccc3)no1)C2. The molecule has 2 aliphatic rings. The third-order valence-corrected chi connectivity index (χ3v) is 5.15. The zero-order valence-corrected chi connectivity index (χ0v) is 15.2. The first-order valence-electron chi connectivity index (χ1n) is 9.12. The van der Waals surface area contributed by atoms with Crippen molar-refractivity contribution in [1.82, 2.24) is 19.9 Å². The number of carbonyl (C=O) groups excluding carboxylic acids is 2. The van der Waals surface area contributed by atoms with Crippen molar-refractivity contribution in [2.45, 2.75) is 18.9 Å². The van der Waals surface area contributed by atoms with Gasteiger partial charge in [-0.15, -0.1) is 0 Å². The molecular formula is C19H22N4O4. The van der Waals surface area contributed by atoms with E-state index < -0.39 is 0 Å². The van der Waals surface area contributed by atoms with E-state index in [4.69, 9.17) is 9.26 Å². The Morgan fingerprint density at radius 2 is 2.04 bits per heavy atom. The van der Waals surface area contributed by atoms with E-state index in [1.807, 2.05) is 30.3 Å². The Hall–Kier alpha value is -2.74. The zero-order chi connectivity index (χ0) is 18.8. The summed E-state index contributed by atoms with van der Waals surface area (Å²) in [5.74, 6) is 0.715. The molecule has 2 aromatic rings. The summed E-state index contributed by atoms with van der Waals surface area (Å²) < 4.78 is 10.8. The lowest BCUT2D eigenvalue weighted by atomic mass is 10.1. The lowest BCUT2D eigenvalue weighted by Gasteiger charge is -2.29. The molecule has 0 saturated carbocycles. The molecule has 1 aromatic carbocycles. The Balaban J connectivity index is 1.38. The molecule has 2 saturated heterocycles. The predicted molar refractivity (Wildman–Crippen MR) is 95.5 cm³/mol. The number of aromatic nitrogens is 2. The van der Waals surface area contributed by atoms with Crippen LogP contribution in [0.3, 0.4) is 0 Å². The highest BCUT2D eigenvalue weighted by molar-refractivity contribution is 5.82. The van der Waals surface area contributed by atoms with Crippen molar-refractivity contribution >= 4 is 11.8 Å². The van der Waals surface area contributed by atoms with Crippen molar-refractivity contribution < 1.29 is 18.8 Å². The molecule has 2 fully saturated rings. The quantitative estimate of drug-likeness (QED) is 0.797. The Morgan fingerprint density at radius 3 is 2.85 bits per heavy atom. The molecule has 8 heteroatoms. The van der Waals surface area contributed by atoms with E-state index >= 15 is 0 Å². The van der Waals surface area contributed by atoms with Gasteiger partial charge in [-0.3, -0.25) is 9.59 Å². The normalized spacial score (nSPS) is 22.6. The van der Waals surface area contributed by atoms with E-state index in [1.54, 1.807) is 16.8 Å². The summed E-state index contributed by atoms with van der Waals surface area (Å²) in [4.78, 5) is 33.0. The van der Waals surface area contributed by atoms with Crippen molar-refractivity contribution in [3.8, 4) is 11.4 Å². The maximum absolute atomic E-state index is 12.7. The number of carbonyl (C=O) groups is 2. The molecular weight excluding hydrogens is 348 g/mol. The topological polar surface area (TPSA) is 88.8 Å². The van der Waals surface area contributed by atoms with Gasteiger partial charge in [0.15, 0.2) is 0 Å². The van der Waals surface area contributed by atoms with Gasteiger partial charge in [0.2, 0.25) is 23.5 Å². The van der Waals surface area contributed by atoms with Gasteiger partial charge < -0.3 is 19.1 Å². The van der Waals surface area contributed by atoms with E-state index in [1.165, 1.54) is 0 Å². The molecule has 27 heavy (non-hydrogen) atoms. The molecule has 0 spiro atoms. The predicted octanol–water partition coefficient (Wildman–Crippen LogP) is 0.985. The number of likely N-dealkylation sites (N-methyl/N-ethyl adjacent to an activating group) is 1. The summed E-state index contributed by atoms with van der Waals surface area (Å²) in [6, 6.07) is 9.46. The molecule has 2 aliphatic heterocycles. The third-order valence-electron chi connectivity index (χ3n) is 5.15. The highest BCUT2D eigenvalue weighted by Gasteiger charge is 2.38. The standard InChI is InChI=1S/C19H22N4O4/c1-22-15-10-23(9-14(19(22)25)11-26-12-15)17(24)8-7-16-20-18(21-27-16)13-5-3-2-4-6-13/h2-6,14-15H,7-12H2,1H3/t14-,15+/m1/s1. The van der Waals surface area contributed by atoms with Crippen LogP contribution < -0.4 is 0 Å². The molecule has 2 atom stereocenters. The van der Waals surface area contributed by atoms with Gasteiger partial charge in [-0.1, -0.05) is 35.5 Å². The largest absolute Gasteiger partial charge is 0.378 e. The maximum Gasteiger partial charge on any atom is 0.229 e. The minimum absolute atomic E-state index is 0.00513. The van der Waals surface area contributed by atoms with Gasteiger partial charge in [0.1, 0.15) is 0 Å². The molecule has 0 radical (unpaired) electrons. The number of hydrogen-bond donors (Lipinski definition) is 0. The smallest absolute Gasteiger partial charge is 0.229 e. The molecule has 4 rings (SSSR count). The first-order valence-corrected chi connectivity index (χ1v) is 9.12. The van der Waals surface area contributed by atoms with Crippen LogP contribution >= 0.6 is 0 Å². The van der Waals surface area contributed by atoms with Crippen LogP contribution in [-0.4, -0.2) is 71.1 Å². The first kappa shape index (κ1) is 17.7. The number of hydrogen-bond acceptors (Lipinski definition) is 6. The second-order valence-electron chi connectivity index (χ2n) is 7.01. The van der Waals surface area contributed by atoms with Gasteiger partial charge in [-0.05, 0) is 0 Å². The van der Waals surface area contributed by atoms with E-state index in [0.717, 1.165) is 5.56 Å². The minimum atomic E-state index is -0.292. The van der Waals surface area contributed by atoms with Gasteiger partial charge in [-0.25, -0.2) is 0 Å². The summed E-state index contributed by atoms with van der Waals surface area (Å²) in [5, 5.41) is 3.98. The van der Waals surface area contributed by atoms with Gasteiger partial charge in [0.25, 0.3) is 0 Å². The first-order chi connectivity index (χ1) is 13.1. The second kappa shape index (κ2) is 7.48. The molecule has 2 bridgehead atoms. The number of fused-ring (bicyclic) bond motifs is 3. The number of rotatable bonds is 4. The molecule has 1 aromatic heterocycles. The summed E-state index contributed by atoms with van der Waals surface area (Å²) in [6.45, 7) is 1.73. The average Bonchev–Trinajstić information content (AvgIpc) is 3.06. The lowest BCUT2D eigenvalue weighted by molar-refractivity contribution is -0.134. The van der Waals surface area contributed by atoms with Crippen LogP contribution in [0.1, 0.15) is 12.3 Å². The van der Waals surface area contributed by atoms with E-state index in [-0.39, 0.29) is 30.2 Å². The van der Waals surface area contributed by atoms with Crippen molar-refractivity contribution in [3.63, 3.8) is 0 Å². The highest BCUT2D eigenvalue weighted by Crippen LogP contribution is 2.21. The van der Waals surface area contributed by atoms with Gasteiger partial charge in [0, 0.05) is 38.5 Å². The Labute approximate surface area is 157 Å². The Kier molecular flexibility index (Phi) is 4.89. The molecule has 2 amide bonds. The fourth-order valence-corrected chi connectivity index (χ4v) is 3.53. The van der Waals surface area contributed by atoms with E-state index in [2.05, 4.69) is 10.1 Å². The number of ether oxygens (including phenoxy) is 1. The van der Waals surface area contributed by atoms with Crippen LogP contribution in [0.5, 0.6) is 0 Å². The molecule has 3 heterocycles. The maximum atomic E-state index is 12.7.